The molecule has 10 heteroatoms. The summed E-state index contributed by atoms with van der Waals surface area (Å²) in [7, 11) is -3.72. The third kappa shape index (κ3) is 5.67. The Bertz CT molecular complexity index is 1300. The average Bonchev–Trinajstić information content (AvgIpc) is 2.77. The van der Waals surface area contributed by atoms with Crippen molar-refractivity contribution in [3.63, 3.8) is 0 Å². The molecule has 0 aliphatic carbocycles. The Hall–Kier alpha value is -3.79. The zero-order valence-electron chi connectivity index (χ0n) is 17.1. The molecule has 3 aromatic carbocycles. The highest BCUT2D eigenvalue weighted by molar-refractivity contribution is 7.91. The molecule has 0 spiro atoms. The van der Waals surface area contributed by atoms with E-state index in [1.165, 1.54) is 24.3 Å². The number of amides is 1. The molecule has 1 amide bonds. The summed E-state index contributed by atoms with van der Waals surface area (Å²) in [6.45, 7) is 0.925. The summed E-state index contributed by atoms with van der Waals surface area (Å²) < 4.78 is 29.9. The van der Waals surface area contributed by atoms with Crippen LogP contribution in [0.4, 0.5) is 11.4 Å². The molecule has 0 aliphatic heterocycles. The van der Waals surface area contributed by atoms with E-state index < -0.39 is 45.4 Å². The monoisotopic (exact) mass is 456 g/mol. The van der Waals surface area contributed by atoms with Crippen LogP contribution in [0.3, 0.4) is 0 Å². The number of fused-ring (bicyclic) bond motifs is 1. The summed E-state index contributed by atoms with van der Waals surface area (Å²) in [4.78, 5) is 34.4. The number of nitro groups is 1. The maximum atomic E-state index is 12.5. The molecule has 166 valence electrons. The molecule has 9 nitrogen and oxygen atoms in total. The number of hydrogen-bond donors (Lipinski definition) is 1. The predicted molar refractivity (Wildman–Crippen MR) is 118 cm³/mol. The Labute approximate surface area is 184 Å². The zero-order valence-corrected chi connectivity index (χ0v) is 17.9. The van der Waals surface area contributed by atoms with E-state index in [-0.39, 0.29) is 16.3 Å². The molecule has 0 atom stereocenters. The number of hydrogen-bond acceptors (Lipinski definition) is 7. The number of carbonyl (C=O) groups excluding carboxylic acids is 2. The number of rotatable bonds is 8. The second-order valence-corrected chi connectivity index (χ2v) is 9.15. The normalized spacial score (nSPS) is 11.2. The van der Waals surface area contributed by atoms with Gasteiger partial charge in [-0.15, -0.1) is 0 Å². The van der Waals surface area contributed by atoms with E-state index in [0.717, 1.165) is 10.8 Å². The van der Waals surface area contributed by atoms with Crippen molar-refractivity contribution in [2.45, 2.75) is 18.2 Å². The van der Waals surface area contributed by atoms with Crippen LogP contribution in [0, 0.1) is 17.0 Å². The lowest BCUT2D eigenvalue weighted by atomic mass is 10.1. The topological polar surface area (TPSA) is 133 Å². The van der Waals surface area contributed by atoms with E-state index in [9.17, 15) is 28.1 Å². The van der Waals surface area contributed by atoms with Crippen molar-refractivity contribution < 1.29 is 27.7 Å². The van der Waals surface area contributed by atoms with Gasteiger partial charge in [0.1, 0.15) is 0 Å². The van der Waals surface area contributed by atoms with Crippen LogP contribution in [-0.4, -0.2) is 37.6 Å². The highest BCUT2D eigenvalue weighted by Crippen LogP contribution is 2.22. The number of aryl methyl sites for hydroxylation is 1. The number of nitro benzene ring substituents is 1. The van der Waals surface area contributed by atoms with E-state index in [2.05, 4.69) is 5.32 Å². The van der Waals surface area contributed by atoms with Crippen molar-refractivity contribution in [1.29, 1.82) is 0 Å². The molecule has 0 heterocycles. The SMILES string of the molecule is Cc1ccc(NC(=O)COC(=O)CCS(=O)(=O)c2ccc3ccccc3c2)cc1[N+](=O)[O-]. The molecule has 3 rings (SSSR count). The maximum absolute atomic E-state index is 12.5. The Morgan fingerprint density at radius 3 is 2.47 bits per heavy atom. The van der Waals surface area contributed by atoms with Crippen LogP contribution in [0.5, 0.6) is 0 Å². The molecule has 0 aliphatic rings. The van der Waals surface area contributed by atoms with E-state index in [4.69, 9.17) is 4.74 Å². The summed E-state index contributed by atoms with van der Waals surface area (Å²) in [5.74, 6) is -2.01. The summed E-state index contributed by atoms with van der Waals surface area (Å²) in [6, 6.07) is 16.2. The number of ether oxygens (including phenoxy) is 1. The first-order chi connectivity index (χ1) is 15.2. The van der Waals surface area contributed by atoms with Crippen molar-refractivity contribution in [2.24, 2.45) is 0 Å². The number of esters is 1. The van der Waals surface area contributed by atoms with Gasteiger partial charge in [-0.05, 0) is 35.9 Å². The highest BCUT2D eigenvalue weighted by Gasteiger charge is 2.18. The lowest BCUT2D eigenvalue weighted by Crippen LogP contribution is -2.22. The van der Waals surface area contributed by atoms with E-state index in [1.54, 1.807) is 31.2 Å². The number of sulfone groups is 1. The van der Waals surface area contributed by atoms with Crippen LogP contribution in [0.25, 0.3) is 10.8 Å². The number of nitrogens with zero attached hydrogens (tertiary/aromatic N) is 1. The predicted octanol–water partition coefficient (Wildman–Crippen LogP) is 3.40. The van der Waals surface area contributed by atoms with Crippen molar-refractivity contribution in [2.75, 3.05) is 17.7 Å². The Balaban J connectivity index is 1.52. The zero-order chi connectivity index (χ0) is 23.3. The fourth-order valence-corrected chi connectivity index (χ4v) is 4.25. The highest BCUT2D eigenvalue weighted by atomic mass is 32.2. The fraction of sp³-hybridized carbons (Fsp3) is 0.182. The van der Waals surface area contributed by atoms with Gasteiger partial charge in [0.05, 0.1) is 22.0 Å². The van der Waals surface area contributed by atoms with E-state index in [1.807, 2.05) is 12.1 Å². The van der Waals surface area contributed by atoms with Gasteiger partial charge < -0.3 is 10.1 Å². The van der Waals surface area contributed by atoms with Gasteiger partial charge in [-0.3, -0.25) is 19.7 Å². The number of anilines is 1. The average molecular weight is 456 g/mol. The molecule has 0 aromatic heterocycles. The standard InChI is InChI=1S/C22H20N2O7S/c1-15-6-8-18(13-20(15)24(27)28)23-21(25)14-31-22(26)10-11-32(29,30)19-9-7-16-4-2-3-5-17(16)12-19/h2-9,12-13H,10-11,14H2,1H3,(H,23,25). The Kier molecular flexibility index (Phi) is 6.84. The Morgan fingerprint density at radius 2 is 1.75 bits per heavy atom. The first-order valence-corrected chi connectivity index (χ1v) is 11.2. The minimum absolute atomic E-state index is 0.0997. The molecular formula is C22H20N2O7S. The van der Waals surface area contributed by atoms with Gasteiger partial charge >= 0.3 is 5.97 Å². The largest absolute Gasteiger partial charge is 0.456 e. The molecule has 3 aromatic rings. The van der Waals surface area contributed by atoms with Crippen molar-refractivity contribution in [3.8, 4) is 0 Å². The van der Waals surface area contributed by atoms with Crippen LogP contribution < -0.4 is 5.32 Å². The smallest absolute Gasteiger partial charge is 0.307 e. The van der Waals surface area contributed by atoms with Gasteiger partial charge in [-0.25, -0.2) is 8.42 Å². The van der Waals surface area contributed by atoms with Crippen LogP contribution in [0.1, 0.15) is 12.0 Å². The molecule has 32 heavy (non-hydrogen) atoms. The molecule has 0 unspecified atom stereocenters. The molecule has 0 saturated carbocycles. The number of benzene rings is 3. The molecule has 0 fully saturated rings. The van der Waals surface area contributed by atoms with Crippen LogP contribution in [0.15, 0.2) is 65.6 Å². The molecule has 0 saturated heterocycles. The lowest BCUT2D eigenvalue weighted by Gasteiger charge is -2.08. The first kappa shape index (κ1) is 22.9. The second-order valence-electron chi connectivity index (χ2n) is 7.05. The second kappa shape index (κ2) is 9.56. The fourth-order valence-electron chi connectivity index (χ4n) is 3.00. The summed E-state index contributed by atoms with van der Waals surface area (Å²) in [6.07, 6.45) is -0.418. The van der Waals surface area contributed by atoms with Gasteiger partial charge in [0.2, 0.25) is 0 Å². The van der Waals surface area contributed by atoms with Crippen molar-refractivity contribution >= 4 is 43.9 Å². The molecule has 0 bridgehead atoms. The maximum Gasteiger partial charge on any atom is 0.307 e. The Morgan fingerprint density at radius 1 is 1.03 bits per heavy atom. The minimum Gasteiger partial charge on any atom is -0.456 e. The third-order valence-corrected chi connectivity index (χ3v) is 6.42. The van der Waals surface area contributed by atoms with Crippen LogP contribution in [-0.2, 0) is 24.2 Å². The van der Waals surface area contributed by atoms with E-state index in [0.29, 0.717) is 5.56 Å². The van der Waals surface area contributed by atoms with Gasteiger partial charge in [0.25, 0.3) is 11.6 Å². The number of nitrogens with one attached hydrogen (secondary N) is 1. The quantitative estimate of drug-likeness (QED) is 0.312. The van der Waals surface area contributed by atoms with Gasteiger partial charge in [-0.2, -0.15) is 0 Å². The van der Waals surface area contributed by atoms with E-state index >= 15 is 0 Å². The summed E-state index contributed by atoms with van der Waals surface area (Å²) in [5.41, 5.74) is 0.466. The van der Waals surface area contributed by atoms with Crippen LogP contribution >= 0.6 is 0 Å². The molecule has 0 radical (unpaired) electrons. The van der Waals surface area contributed by atoms with Gasteiger partial charge in [0, 0.05) is 17.3 Å². The minimum atomic E-state index is -3.72. The van der Waals surface area contributed by atoms with Gasteiger partial charge in [-0.1, -0.05) is 36.4 Å². The van der Waals surface area contributed by atoms with Crippen molar-refractivity contribution in [3.05, 3.63) is 76.3 Å². The van der Waals surface area contributed by atoms with Crippen molar-refractivity contribution in [1.82, 2.24) is 0 Å². The third-order valence-electron chi connectivity index (χ3n) is 4.71. The molecule has 1 N–H and O–H groups in total. The van der Waals surface area contributed by atoms with Gasteiger partial charge in [0.15, 0.2) is 16.4 Å². The first-order valence-electron chi connectivity index (χ1n) is 9.58. The lowest BCUT2D eigenvalue weighted by molar-refractivity contribution is -0.385. The summed E-state index contributed by atoms with van der Waals surface area (Å²) in [5, 5.41) is 15.0. The number of carbonyl (C=O) groups is 2. The molecular weight excluding hydrogens is 436 g/mol. The summed E-state index contributed by atoms with van der Waals surface area (Å²) >= 11 is 0. The van der Waals surface area contributed by atoms with Crippen LogP contribution in [0.2, 0.25) is 0 Å².